The van der Waals surface area contributed by atoms with E-state index in [0.29, 0.717) is 29.4 Å². The van der Waals surface area contributed by atoms with Crippen LogP contribution in [0, 0.1) is 0 Å². The van der Waals surface area contributed by atoms with Gasteiger partial charge in [-0.05, 0) is 60.7 Å². The van der Waals surface area contributed by atoms with Crippen LogP contribution in [0.25, 0.3) is 17.1 Å². The van der Waals surface area contributed by atoms with Crippen LogP contribution in [0.5, 0.6) is 11.5 Å². The van der Waals surface area contributed by atoms with Crippen molar-refractivity contribution in [2.75, 3.05) is 19.5 Å². The van der Waals surface area contributed by atoms with E-state index in [2.05, 4.69) is 21.9 Å². The van der Waals surface area contributed by atoms with E-state index >= 15 is 0 Å². The van der Waals surface area contributed by atoms with Crippen molar-refractivity contribution in [3.05, 3.63) is 100 Å². The third-order valence-electron chi connectivity index (χ3n) is 5.08. The number of pyridine rings is 1. The summed E-state index contributed by atoms with van der Waals surface area (Å²) >= 11 is 0. The summed E-state index contributed by atoms with van der Waals surface area (Å²) in [5, 5.41) is 3.16. The van der Waals surface area contributed by atoms with E-state index in [9.17, 15) is 9.59 Å². The van der Waals surface area contributed by atoms with E-state index < -0.39 is 5.69 Å². The van der Waals surface area contributed by atoms with Gasteiger partial charge in [-0.25, -0.2) is 9.36 Å². The molecule has 0 amide bonds. The van der Waals surface area contributed by atoms with Gasteiger partial charge < -0.3 is 19.4 Å². The minimum atomic E-state index is -0.593. The van der Waals surface area contributed by atoms with E-state index in [0.717, 1.165) is 0 Å². The van der Waals surface area contributed by atoms with Crippen molar-refractivity contribution in [3.8, 4) is 28.6 Å². The Morgan fingerprint density at radius 1 is 0.941 bits per heavy atom. The van der Waals surface area contributed by atoms with Gasteiger partial charge >= 0.3 is 5.69 Å². The van der Waals surface area contributed by atoms with Gasteiger partial charge in [-0.2, -0.15) is 9.97 Å². The number of nitrogens with one attached hydrogen (secondary N) is 1. The van der Waals surface area contributed by atoms with Gasteiger partial charge in [-0.1, -0.05) is 6.08 Å². The SMILES string of the molecule is C=CCn1cccc(-c2nc(Nc3ccc(OC)cc3)n(-c3ccc(OC)cc3)c(=O)n2)c1=O. The number of allylic oxidation sites excluding steroid dienone is 1. The standard InChI is InChI=1S/C25H23N5O4/c1-4-15-29-16-5-6-21(23(29)31)22-27-24(26-17-7-11-19(33-2)12-8-17)30(25(32)28-22)18-9-13-20(34-3)14-10-18/h4-14,16H,1,15H2,2-3H3,(H,26,27,28,32). The van der Waals surface area contributed by atoms with E-state index in [4.69, 9.17) is 9.47 Å². The average molecular weight is 457 g/mol. The maximum absolute atomic E-state index is 13.2. The Morgan fingerprint density at radius 3 is 2.21 bits per heavy atom. The van der Waals surface area contributed by atoms with Crippen molar-refractivity contribution in [2.45, 2.75) is 6.54 Å². The molecular formula is C25H23N5O4. The summed E-state index contributed by atoms with van der Waals surface area (Å²) in [6, 6.07) is 17.4. The van der Waals surface area contributed by atoms with E-state index in [1.165, 1.54) is 9.13 Å². The Bertz CT molecular complexity index is 1420. The molecule has 4 rings (SSSR count). The molecule has 0 aliphatic rings. The molecule has 0 fully saturated rings. The van der Waals surface area contributed by atoms with Crippen molar-refractivity contribution in [2.24, 2.45) is 0 Å². The van der Waals surface area contributed by atoms with Gasteiger partial charge in [0.05, 0.1) is 25.5 Å². The Kier molecular flexibility index (Phi) is 6.54. The first kappa shape index (κ1) is 22.5. The third-order valence-corrected chi connectivity index (χ3v) is 5.08. The van der Waals surface area contributed by atoms with Crippen molar-refractivity contribution in [1.29, 1.82) is 0 Å². The first-order valence-corrected chi connectivity index (χ1v) is 10.4. The maximum Gasteiger partial charge on any atom is 0.357 e. The lowest BCUT2D eigenvalue weighted by atomic mass is 10.2. The molecule has 9 heteroatoms. The molecule has 0 atom stereocenters. The zero-order valence-corrected chi connectivity index (χ0v) is 18.8. The van der Waals surface area contributed by atoms with Gasteiger partial charge in [0, 0.05) is 18.4 Å². The van der Waals surface area contributed by atoms with Crippen LogP contribution in [0.15, 0.2) is 89.1 Å². The number of aromatic nitrogens is 4. The number of hydrogen-bond acceptors (Lipinski definition) is 7. The monoisotopic (exact) mass is 457 g/mol. The quantitative estimate of drug-likeness (QED) is 0.405. The highest BCUT2D eigenvalue weighted by atomic mass is 16.5. The van der Waals surface area contributed by atoms with Gasteiger partial charge in [0.1, 0.15) is 11.5 Å². The van der Waals surface area contributed by atoms with Crippen LogP contribution in [0.1, 0.15) is 0 Å². The molecule has 34 heavy (non-hydrogen) atoms. The van der Waals surface area contributed by atoms with E-state index in [1.807, 2.05) is 0 Å². The predicted octanol–water partition coefficient (Wildman–Crippen LogP) is 3.40. The highest BCUT2D eigenvalue weighted by Crippen LogP contribution is 2.22. The molecule has 0 bridgehead atoms. The molecule has 172 valence electrons. The summed E-state index contributed by atoms with van der Waals surface area (Å²) in [6.45, 7) is 4.00. The topological polar surface area (TPSA) is 100 Å². The van der Waals surface area contributed by atoms with Gasteiger partial charge in [-0.15, -0.1) is 6.58 Å². The van der Waals surface area contributed by atoms with E-state index in [1.54, 1.807) is 87.2 Å². The second-order valence-electron chi connectivity index (χ2n) is 7.21. The number of rotatable bonds is 8. The molecule has 0 saturated carbocycles. The predicted molar refractivity (Wildman–Crippen MR) is 130 cm³/mol. The Labute approximate surface area is 195 Å². The number of benzene rings is 2. The van der Waals surface area contributed by atoms with Crippen molar-refractivity contribution < 1.29 is 9.47 Å². The molecule has 0 aliphatic carbocycles. The lowest BCUT2D eigenvalue weighted by Crippen LogP contribution is -2.28. The maximum atomic E-state index is 13.2. The first-order valence-electron chi connectivity index (χ1n) is 10.4. The van der Waals surface area contributed by atoms with Crippen LogP contribution in [0.4, 0.5) is 11.6 Å². The van der Waals surface area contributed by atoms with E-state index in [-0.39, 0.29) is 22.9 Å². The average Bonchev–Trinajstić information content (AvgIpc) is 2.86. The highest BCUT2D eigenvalue weighted by molar-refractivity contribution is 5.61. The lowest BCUT2D eigenvalue weighted by Gasteiger charge is -2.15. The zero-order valence-electron chi connectivity index (χ0n) is 18.8. The molecule has 1 N–H and O–H groups in total. The van der Waals surface area contributed by atoms with Gasteiger partial charge in [0.2, 0.25) is 5.95 Å². The third kappa shape index (κ3) is 4.58. The first-order chi connectivity index (χ1) is 16.5. The van der Waals surface area contributed by atoms with Crippen molar-refractivity contribution >= 4 is 11.6 Å². The Hall–Kier alpha value is -4.66. The molecule has 0 saturated heterocycles. The molecular weight excluding hydrogens is 434 g/mol. The molecule has 2 heterocycles. The Balaban J connectivity index is 1.88. The zero-order chi connectivity index (χ0) is 24.1. The smallest absolute Gasteiger partial charge is 0.357 e. The summed E-state index contributed by atoms with van der Waals surface area (Å²) in [6.07, 6.45) is 3.26. The lowest BCUT2D eigenvalue weighted by molar-refractivity contribution is 0.414. The molecule has 4 aromatic rings. The summed E-state index contributed by atoms with van der Waals surface area (Å²) in [4.78, 5) is 34.8. The van der Waals surface area contributed by atoms with Gasteiger partial charge in [0.25, 0.3) is 5.56 Å². The van der Waals surface area contributed by atoms with Crippen LogP contribution in [0.2, 0.25) is 0 Å². The van der Waals surface area contributed by atoms with Gasteiger partial charge in [0.15, 0.2) is 5.82 Å². The van der Waals surface area contributed by atoms with Crippen LogP contribution in [-0.2, 0) is 6.54 Å². The molecule has 9 nitrogen and oxygen atoms in total. The minimum Gasteiger partial charge on any atom is -0.497 e. The van der Waals surface area contributed by atoms with Crippen LogP contribution >= 0.6 is 0 Å². The second-order valence-corrected chi connectivity index (χ2v) is 7.21. The molecule has 0 spiro atoms. The fourth-order valence-corrected chi connectivity index (χ4v) is 3.37. The van der Waals surface area contributed by atoms with Crippen molar-refractivity contribution in [1.82, 2.24) is 19.1 Å². The summed E-state index contributed by atoms with van der Waals surface area (Å²) in [7, 11) is 3.15. The number of methoxy groups -OCH3 is 2. The van der Waals surface area contributed by atoms with Crippen LogP contribution in [0.3, 0.4) is 0 Å². The fourth-order valence-electron chi connectivity index (χ4n) is 3.37. The molecule has 0 radical (unpaired) electrons. The number of hydrogen-bond donors (Lipinski definition) is 1. The molecule has 2 aromatic carbocycles. The molecule has 0 unspecified atom stereocenters. The largest absolute Gasteiger partial charge is 0.497 e. The second kappa shape index (κ2) is 9.86. The molecule has 2 aromatic heterocycles. The van der Waals surface area contributed by atoms with Crippen LogP contribution in [-0.4, -0.2) is 33.3 Å². The summed E-state index contributed by atoms with van der Waals surface area (Å²) < 4.78 is 13.2. The normalized spacial score (nSPS) is 10.5. The minimum absolute atomic E-state index is 0.0224. The number of anilines is 2. The van der Waals surface area contributed by atoms with Crippen molar-refractivity contribution in [3.63, 3.8) is 0 Å². The number of ether oxygens (including phenoxy) is 2. The summed E-state index contributed by atoms with van der Waals surface area (Å²) in [5.41, 5.74) is 0.500. The number of nitrogens with zero attached hydrogens (tertiary/aromatic N) is 4. The molecule has 0 aliphatic heterocycles. The summed E-state index contributed by atoms with van der Waals surface area (Å²) in [5.74, 6) is 1.55. The van der Waals surface area contributed by atoms with Gasteiger partial charge in [-0.3, -0.25) is 4.79 Å². The van der Waals surface area contributed by atoms with Crippen LogP contribution < -0.4 is 26.0 Å². The Morgan fingerprint density at radius 2 is 1.59 bits per heavy atom. The fraction of sp³-hybridized carbons (Fsp3) is 0.120. The highest BCUT2D eigenvalue weighted by Gasteiger charge is 2.16.